The Labute approximate surface area is 199 Å². The summed E-state index contributed by atoms with van der Waals surface area (Å²) in [5.41, 5.74) is 5.10. The van der Waals surface area contributed by atoms with Gasteiger partial charge in [-0.3, -0.25) is 9.78 Å². The van der Waals surface area contributed by atoms with Gasteiger partial charge < -0.3 is 14.4 Å². The van der Waals surface area contributed by atoms with Crippen molar-refractivity contribution in [2.24, 2.45) is 0 Å². The Kier molecular flexibility index (Phi) is 7.71. The molecule has 172 valence electrons. The molecule has 0 aliphatic heterocycles. The van der Waals surface area contributed by atoms with E-state index in [9.17, 15) is 4.79 Å². The summed E-state index contributed by atoms with van der Waals surface area (Å²) in [5, 5.41) is 1.41. The summed E-state index contributed by atoms with van der Waals surface area (Å²) in [5.74, 6) is 0.257. The molecule has 33 heavy (non-hydrogen) atoms. The van der Waals surface area contributed by atoms with Crippen LogP contribution in [0.2, 0.25) is 5.02 Å². The lowest BCUT2D eigenvalue weighted by molar-refractivity contribution is -0.145. The topological polar surface area (TPSA) is 64.6 Å². The van der Waals surface area contributed by atoms with Crippen LogP contribution in [0.4, 0.5) is 0 Å². The average molecular weight is 466 g/mol. The van der Waals surface area contributed by atoms with Crippen LogP contribution in [0.25, 0.3) is 16.6 Å². The number of para-hydroxylation sites is 1. The standard InChI is InChI=1S/C26H28ClN3O3/c1-7-9-24(30(5)6)20-12-16(2)29-26-19(20)10-8-11-25(26)32-15-22-21(13-28-14-23(22)27)17(3)33-18(4)31/h7-14,17H,1,15H2,2-6H3/b24-9-. The number of hydrogen-bond donors (Lipinski definition) is 0. The highest BCUT2D eigenvalue weighted by Crippen LogP contribution is 2.33. The van der Waals surface area contributed by atoms with Crippen molar-refractivity contribution < 1.29 is 14.3 Å². The van der Waals surface area contributed by atoms with Crippen LogP contribution < -0.4 is 4.74 Å². The fourth-order valence-electron chi connectivity index (χ4n) is 3.71. The number of rotatable bonds is 8. The molecule has 3 rings (SSSR count). The third kappa shape index (κ3) is 5.52. The monoisotopic (exact) mass is 465 g/mol. The van der Waals surface area contributed by atoms with E-state index in [4.69, 9.17) is 26.1 Å². The van der Waals surface area contributed by atoms with Gasteiger partial charge in [-0.25, -0.2) is 4.98 Å². The maximum absolute atomic E-state index is 11.4. The third-order valence-corrected chi connectivity index (χ3v) is 5.48. The molecule has 1 aromatic carbocycles. The highest BCUT2D eigenvalue weighted by Gasteiger charge is 2.18. The molecule has 0 saturated carbocycles. The summed E-state index contributed by atoms with van der Waals surface area (Å²) in [6, 6.07) is 7.91. The molecule has 3 aromatic rings. The molecule has 1 atom stereocenters. The Morgan fingerprint density at radius 3 is 2.73 bits per heavy atom. The first-order valence-corrected chi connectivity index (χ1v) is 10.9. The van der Waals surface area contributed by atoms with Crippen molar-refractivity contribution in [1.29, 1.82) is 0 Å². The van der Waals surface area contributed by atoms with E-state index in [1.165, 1.54) is 6.92 Å². The molecule has 7 heteroatoms. The van der Waals surface area contributed by atoms with Crippen LogP contribution in [0.3, 0.4) is 0 Å². The summed E-state index contributed by atoms with van der Waals surface area (Å²) in [6.45, 7) is 9.13. The first-order chi connectivity index (χ1) is 15.7. The molecule has 0 aliphatic carbocycles. The number of aromatic nitrogens is 2. The number of ether oxygens (including phenoxy) is 2. The van der Waals surface area contributed by atoms with E-state index in [1.807, 2.05) is 50.2 Å². The van der Waals surface area contributed by atoms with Crippen LogP contribution in [-0.2, 0) is 16.1 Å². The highest BCUT2D eigenvalue weighted by atomic mass is 35.5. The Hall–Kier alpha value is -3.38. The minimum Gasteiger partial charge on any atom is -0.487 e. The Morgan fingerprint density at radius 1 is 1.30 bits per heavy atom. The second-order valence-corrected chi connectivity index (χ2v) is 8.28. The van der Waals surface area contributed by atoms with Crippen molar-refractivity contribution in [3.05, 3.63) is 82.8 Å². The number of carbonyl (C=O) groups is 1. The van der Waals surface area contributed by atoms with Gasteiger partial charge in [0.15, 0.2) is 0 Å². The molecule has 2 heterocycles. The minimum atomic E-state index is -0.501. The fraction of sp³-hybridized carbons (Fsp3) is 0.269. The van der Waals surface area contributed by atoms with Crippen LogP contribution in [0, 0.1) is 6.92 Å². The van der Waals surface area contributed by atoms with Gasteiger partial charge in [0.1, 0.15) is 24.0 Å². The zero-order valence-electron chi connectivity index (χ0n) is 19.6. The van der Waals surface area contributed by atoms with Crippen molar-refractivity contribution in [3.8, 4) is 5.75 Å². The van der Waals surface area contributed by atoms with Gasteiger partial charge in [0, 0.05) is 66.9 Å². The number of pyridine rings is 2. The second kappa shape index (κ2) is 10.5. The van der Waals surface area contributed by atoms with E-state index in [1.54, 1.807) is 25.4 Å². The van der Waals surface area contributed by atoms with Crippen LogP contribution >= 0.6 is 11.6 Å². The number of nitrogens with zero attached hydrogens (tertiary/aromatic N) is 3. The number of hydrogen-bond acceptors (Lipinski definition) is 6. The number of halogens is 1. The van der Waals surface area contributed by atoms with Crippen molar-refractivity contribution in [1.82, 2.24) is 14.9 Å². The van der Waals surface area contributed by atoms with Gasteiger partial charge in [0.05, 0.1) is 5.02 Å². The fourth-order valence-corrected chi connectivity index (χ4v) is 3.93. The summed E-state index contributed by atoms with van der Waals surface area (Å²) >= 11 is 6.44. The van der Waals surface area contributed by atoms with Gasteiger partial charge in [0.25, 0.3) is 0 Å². The van der Waals surface area contributed by atoms with E-state index in [0.717, 1.165) is 27.9 Å². The molecule has 0 fully saturated rings. The lowest BCUT2D eigenvalue weighted by Gasteiger charge is -2.21. The summed E-state index contributed by atoms with van der Waals surface area (Å²) in [6.07, 6.45) is 6.44. The molecule has 0 saturated heterocycles. The largest absolute Gasteiger partial charge is 0.487 e. The van der Waals surface area contributed by atoms with Crippen LogP contribution in [0.5, 0.6) is 5.75 Å². The van der Waals surface area contributed by atoms with Gasteiger partial charge in [0.2, 0.25) is 0 Å². The maximum atomic E-state index is 11.4. The normalized spacial score (nSPS) is 12.4. The molecule has 2 aromatic heterocycles. The van der Waals surface area contributed by atoms with Crippen molar-refractivity contribution in [2.45, 2.75) is 33.5 Å². The van der Waals surface area contributed by atoms with Crippen molar-refractivity contribution in [2.75, 3.05) is 14.1 Å². The van der Waals surface area contributed by atoms with Gasteiger partial charge in [-0.1, -0.05) is 36.4 Å². The molecule has 0 spiro atoms. The van der Waals surface area contributed by atoms with Gasteiger partial charge in [-0.05, 0) is 32.1 Å². The zero-order chi connectivity index (χ0) is 24.1. The molecule has 0 aliphatic rings. The summed E-state index contributed by atoms with van der Waals surface area (Å²) in [4.78, 5) is 22.4. The first kappa shape index (κ1) is 24.3. The summed E-state index contributed by atoms with van der Waals surface area (Å²) < 4.78 is 11.6. The number of fused-ring (bicyclic) bond motifs is 1. The smallest absolute Gasteiger partial charge is 0.303 e. The van der Waals surface area contributed by atoms with Crippen molar-refractivity contribution in [3.63, 3.8) is 0 Å². The van der Waals surface area contributed by atoms with E-state index in [2.05, 4.69) is 17.6 Å². The van der Waals surface area contributed by atoms with Gasteiger partial charge in [-0.15, -0.1) is 0 Å². The minimum absolute atomic E-state index is 0.176. The maximum Gasteiger partial charge on any atom is 0.303 e. The van der Waals surface area contributed by atoms with E-state index < -0.39 is 6.10 Å². The predicted molar refractivity (Wildman–Crippen MR) is 132 cm³/mol. The van der Waals surface area contributed by atoms with E-state index in [-0.39, 0.29) is 12.6 Å². The zero-order valence-corrected chi connectivity index (χ0v) is 20.3. The molecule has 0 amide bonds. The molecular weight excluding hydrogens is 438 g/mol. The Morgan fingerprint density at radius 2 is 2.06 bits per heavy atom. The van der Waals surface area contributed by atoms with E-state index >= 15 is 0 Å². The van der Waals surface area contributed by atoms with Crippen molar-refractivity contribution >= 4 is 34.2 Å². The molecule has 0 bridgehead atoms. The Balaban J connectivity index is 2.04. The highest BCUT2D eigenvalue weighted by molar-refractivity contribution is 6.31. The van der Waals surface area contributed by atoms with Gasteiger partial charge >= 0.3 is 5.97 Å². The Bertz CT molecular complexity index is 1220. The number of aryl methyl sites for hydroxylation is 1. The van der Waals surface area contributed by atoms with E-state index in [0.29, 0.717) is 21.9 Å². The van der Waals surface area contributed by atoms with Crippen LogP contribution in [0.1, 0.15) is 42.3 Å². The molecule has 0 radical (unpaired) electrons. The van der Waals surface area contributed by atoms with Crippen LogP contribution in [0.15, 0.2) is 55.4 Å². The lowest BCUT2D eigenvalue weighted by atomic mass is 10.0. The SMILES string of the molecule is C=C/C=C(/c1cc(C)nc2c(OCc3c(Cl)cncc3C(C)OC(C)=O)cccc12)N(C)C. The molecular formula is C26H28ClN3O3. The third-order valence-electron chi connectivity index (χ3n) is 5.16. The summed E-state index contributed by atoms with van der Waals surface area (Å²) in [7, 11) is 3.99. The molecule has 6 nitrogen and oxygen atoms in total. The number of benzene rings is 1. The number of allylic oxidation sites excluding steroid dienone is 2. The molecule has 0 N–H and O–H groups in total. The lowest BCUT2D eigenvalue weighted by Crippen LogP contribution is -2.11. The first-order valence-electron chi connectivity index (χ1n) is 10.6. The second-order valence-electron chi connectivity index (χ2n) is 7.87. The predicted octanol–water partition coefficient (Wildman–Crippen LogP) is 5.88. The average Bonchev–Trinajstić information content (AvgIpc) is 2.75. The number of esters is 1. The quantitative estimate of drug-likeness (QED) is 0.305. The number of carbonyl (C=O) groups excluding carboxylic acids is 1. The molecule has 1 unspecified atom stereocenters. The van der Waals surface area contributed by atoms with Gasteiger partial charge in [-0.2, -0.15) is 0 Å². The van der Waals surface area contributed by atoms with Crippen LogP contribution in [-0.4, -0.2) is 34.9 Å².